The van der Waals surface area contributed by atoms with Gasteiger partial charge in [-0.1, -0.05) is 12.1 Å². The van der Waals surface area contributed by atoms with E-state index in [-0.39, 0.29) is 0 Å². The Morgan fingerprint density at radius 3 is 2.21 bits per heavy atom. The van der Waals surface area contributed by atoms with Crippen molar-refractivity contribution in [1.29, 1.82) is 0 Å². The van der Waals surface area contributed by atoms with E-state index in [9.17, 15) is 0 Å². The molecule has 0 saturated carbocycles. The van der Waals surface area contributed by atoms with E-state index in [0.717, 1.165) is 48.7 Å². The molecule has 1 aliphatic heterocycles. The average molecular weight is 447 g/mol. The maximum absolute atomic E-state index is 5.46. The van der Waals surface area contributed by atoms with E-state index in [1.165, 1.54) is 11.4 Å². The first-order valence-corrected chi connectivity index (χ1v) is 11.5. The Hall–Kier alpha value is -3.41. The molecule has 0 bridgehead atoms. The predicted octanol–water partition coefficient (Wildman–Crippen LogP) is 4.94. The van der Waals surface area contributed by atoms with E-state index in [1.807, 2.05) is 18.2 Å². The molecule has 0 N–H and O–H groups in total. The number of ether oxygens (including phenoxy) is 2. The summed E-state index contributed by atoms with van der Waals surface area (Å²) in [4.78, 5) is 11.9. The van der Waals surface area contributed by atoms with Gasteiger partial charge in [-0.25, -0.2) is 4.98 Å². The van der Waals surface area contributed by atoms with Gasteiger partial charge in [0, 0.05) is 62.8 Å². The second-order valence-corrected chi connectivity index (χ2v) is 8.68. The summed E-state index contributed by atoms with van der Waals surface area (Å²) in [7, 11) is 7.48. The molecule has 6 nitrogen and oxygen atoms in total. The van der Waals surface area contributed by atoms with Crippen LogP contribution in [0.1, 0.15) is 13.3 Å². The molecule has 1 atom stereocenters. The SMILES string of the molecule is COc1ccc(N2CCN(c3ccc(OC)nc3-c3ccc(N(C)C)cc3)CCC2C)cc1. The Morgan fingerprint density at radius 2 is 1.58 bits per heavy atom. The molecular formula is C27H34N4O2. The number of hydrogen-bond donors (Lipinski definition) is 0. The van der Waals surface area contributed by atoms with E-state index >= 15 is 0 Å². The van der Waals surface area contributed by atoms with Gasteiger partial charge < -0.3 is 24.2 Å². The molecule has 0 aliphatic carbocycles. The zero-order valence-corrected chi connectivity index (χ0v) is 20.3. The molecule has 1 fully saturated rings. The molecule has 1 saturated heterocycles. The van der Waals surface area contributed by atoms with E-state index in [0.29, 0.717) is 11.9 Å². The summed E-state index contributed by atoms with van der Waals surface area (Å²) in [5.74, 6) is 1.52. The van der Waals surface area contributed by atoms with Gasteiger partial charge in [0.15, 0.2) is 0 Å². The molecule has 33 heavy (non-hydrogen) atoms. The standard InChI is InChI=1S/C27H34N4O2/c1-20-16-17-30(18-19-31(20)23-10-12-24(32-4)13-11-23)25-14-15-26(33-5)28-27(25)21-6-8-22(9-7-21)29(2)3/h6-15,20H,16-19H2,1-5H3. The predicted molar refractivity (Wildman–Crippen MR) is 137 cm³/mol. The van der Waals surface area contributed by atoms with Crippen LogP contribution in [0, 0.1) is 0 Å². The molecule has 4 rings (SSSR count). The Balaban J connectivity index is 1.61. The third kappa shape index (κ3) is 5.00. The fourth-order valence-electron chi connectivity index (χ4n) is 4.39. The summed E-state index contributed by atoms with van der Waals surface area (Å²) < 4.78 is 10.8. The number of anilines is 3. The Morgan fingerprint density at radius 1 is 0.848 bits per heavy atom. The van der Waals surface area contributed by atoms with Crippen LogP contribution in [0.25, 0.3) is 11.3 Å². The first kappa shape index (κ1) is 22.8. The van der Waals surface area contributed by atoms with E-state index in [1.54, 1.807) is 14.2 Å². The summed E-state index contributed by atoms with van der Waals surface area (Å²) in [5.41, 5.74) is 5.61. The van der Waals surface area contributed by atoms with Gasteiger partial charge in [0.25, 0.3) is 0 Å². The summed E-state index contributed by atoms with van der Waals surface area (Å²) in [6.45, 7) is 5.15. The molecule has 6 heteroatoms. The highest BCUT2D eigenvalue weighted by Crippen LogP contribution is 2.34. The van der Waals surface area contributed by atoms with Crippen molar-refractivity contribution in [3.05, 3.63) is 60.7 Å². The lowest BCUT2D eigenvalue weighted by molar-refractivity contribution is 0.398. The minimum Gasteiger partial charge on any atom is -0.497 e. The molecule has 174 valence electrons. The lowest BCUT2D eigenvalue weighted by Gasteiger charge is -2.29. The molecule has 2 aromatic carbocycles. The number of benzene rings is 2. The van der Waals surface area contributed by atoms with Crippen molar-refractivity contribution >= 4 is 17.1 Å². The first-order valence-electron chi connectivity index (χ1n) is 11.5. The number of nitrogens with zero attached hydrogens (tertiary/aromatic N) is 4. The second-order valence-electron chi connectivity index (χ2n) is 8.68. The van der Waals surface area contributed by atoms with Crippen LogP contribution in [0.5, 0.6) is 11.6 Å². The number of aromatic nitrogens is 1. The van der Waals surface area contributed by atoms with Gasteiger partial charge in [0.1, 0.15) is 5.75 Å². The molecule has 3 aromatic rings. The number of pyridine rings is 1. The first-order chi connectivity index (χ1) is 16.0. The highest BCUT2D eigenvalue weighted by Gasteiger charge is 2.24. The molecular weight excluding hydrogens is 412 g/mol. The molecule has 0 radical (unpaired) electrons. The van der Waals surface area contributed by atoms with Crippen molar-refractivity contribution in [2.45, 2.75) is 19.4 Å². The highest BCUT2D eigenvalue weighted by atomic mass is 16.5. The maximum Gasteiger partial charge on any atom is 0.213 e. The minimum absolute atomic E-state index is 0.442. The van der Waals surface area contributed by atoms with Crippen LogP contribution in [0.2, 0.25) is 0 Å². The summed E-state index contributed by atoms with van der Waals surface area (Å²) in [6, 6.07) is 21.5. The van der Waals surface area contributed by atoms with Gasteiger partial charge in [-0.3, -0.25) is 0 Å². The smallest absolute Gasteiger partial charge is 0.213 e. The Kier molecular flexibility index (Phi) is 6.92. The molecule has 2 heterocycles. The Labute approximate surface area is 197 Å². The molecule has 1 unspecified atom stereocenters. The van der Waals surface area contributed by atoms with E-state index < -0.39 is 0 Å². The van der Waals surface area contributed by atoms with E-state index in [4.69, 9.17) is 14.5 Å². The Bertz CT molecular complexity index is 1050. The van der Waals surface area contributed by atoms with Crippen molar-refractivity contribution in [2.75, 3.05) is 62.6 Å². The van der Waals surface area contributed by atoms with Gasteiger partial charge in [0.2, 0.25) is 5.88 Å². The molecule has 1 aliphatic rings. The van der Waals surface area contributed by atoms with Crippen molar-refractivity contribution in [1.82, 2.24) is 4.98 Å². The van der Waals surface area contributed by atoms with Crippen LogP contribution in [0.15, 0.2) is 60.7 Å². The van der Waals surface area contributed by atoms with Crippen molar-refractivity contribution in [3.63, 3.8) is 0 Å². The van der Waals surface area contributed by atoms with E-state index in [2.05, 4.69) is 78.2 Å². The zero-order chi connectivity index (χ0) is 23.4. The molecule has 1 aromatic heterocycles. The van der Waals surface area contributed by atoms with Crippen LogP contribution in [-0.2, 0) is 0 Å². The zero-order valence-electron chi connectivity index (χ0n) is 20.3. The van der Waals surface area contributed by atoms with Gasteiger partial charge >= 0.3 is 0 Å². The van der Waals surface area contributed by atoms with Crippen molar-refractivity contribution < 1.29 is 9.47 Å². The number of methoxy groups -OCH3 is 2. The van der Waals surface area contributed by atoms with Gasteiger partial charge in [-0.05, 0) is 55.8 Å². The van der Waals surface area contributed by atoms with Gasteiger partial charge in [-0.2, -0.15) is 0 Å². The average Bonchev–Trinajstić information content (AvgIpc) is 3.05. The van der Waals surface area contributed by atoms with Crippen LogP contribution in [-0.4, -0.2) is 59.0 Å². The second kappa shape index (κ2) is 10.0. The lowest BCUT2D eigenvalue weighted by Crippen LogP contribution is -2.34. The van der Waals surface area contributed by atoms with Crippen LogP contribution >= 0.6 is 0 Å². The third-order valence-corrected chi connectivity index (χ3v) is 6.42. The lowest BCUT2D eigenvalue weighted by atomic mass is 10.1. The van der Waals surface area contributed by atoms with Gasteiger partial charge in [-0.15, -0.1) is 0 Å². The topological polar surface area (TPSA) is 41.1 Å². The normalized spacial score (nSPS) is 16.3. The van der Waals surface area contributed by atoms with Crippen LogP contribution in [0.4, 0.5) is 17.1 Å². The minimum atomic E-state index is 0.442. The summed E-state index contributed by atoms with van der Waals surface area (Å²) in [5, 5.41) is 0. The quantitative estimate of drug-likeness (QED) is 0.534. The largest absolute Gasteiger partial charge is 0.497 e. The molecule has 0 amide bonds. The highest BCUT2D eigenvalue weighted by molar-refractivity contribution is 5.77. The fraction of sp³-hybridized carbons (Fsp3) is 0.370. The van der Waals surface area contributed by atoms with Crippen LogP contribution < -0.4 is 24.2 Å². The number of hydrogen-bond acceptors (Lipinski definition) is 6. The monoisotopic (exact) mass is 446 g/mol. The van der Waals surface area contributed by atoms with Crippen molar-refractivity contribution in [3.8, 4) is 22.9 Å². The third-order valence-electron chi connectivity index (χ3n) is 6.42. The molecule has 0 spiro atoms. The summed E-state index contributed by atoms with van der Waals surface area (Å²) >= 11 is 0. The van der Waals surface area contributed by atoms with Crippen molar-refractivity contribution in [2.24, 2.45) is 0 Å². The summed E-state index contributed by atoms with van der Waals surface area (Å²) in [6.07, 6.45) is 1.07. The fourth-order valence-corrected chi connectivity index (χ4v) is 4.39. The maximum atomic E-state index is 5.46. The van der Waals surface area contributed by atoms with Crippen LogP contribution in [0.3, 0.4) is 0 Å². The van der Waals surface area contributed by atoms with Gasteiger partial charge in [0.05, 0.1) is 25.6 Å². The number of rotatable bonds is 6.